The van der Waals surface area contributed by atoms with Gasteiger partial charge in [0.15, 0.2) is 6.61 Å². The normalized spacial score (nSPS) is 19.2. The molecule has 4 rings (SSSR count). The molecule has 1 aromatic heterocycles. The van der Waals surface area contributed by atoms with Crippen LogP contribution < -0.4 is 15.1 Å². The molecule has 8 nitrogen and oxygen atoms in total. The van der Waals surface area contributed by atoms with Crippen molar-refractivity contribution in [1.82, 2.24) is 4.90 Å². The Morgan fingerprint density at radius 1 is 1.30 bits per heavy atom. The fraction of sp³-hybridized carbons (Fsp3) is 0.560. The number of ether oxygens (including phenoxy) is 2. The number of hydrogen-bond donors (Lipinski definition) is 1. The molecule has 33 heavy (non-hydrogen) atoms. The molecule has 1 fully saturated rings. The predicted octanol–water partition coefficient (Wildman–Crippen LogP) is 3.69. The summed E-state index contributed by atoms with van der Waals surface area (Å²) in [4.78, 5) is 38.0. The zero-order valence-corrected chi connectivity index (χ0v) is 19.4. The summed E-state index contributed by atoms with van der Waals surface area (Å²) in [6.45, 7) is 6.18. The molecule has 2 aliphatic rings. The summed E-state index contributed by atoms with van der Waals surface area (Å²) in [6.07, 6.45) is 5.11. The van der Waals surface area contributed by atoms with Crippen LogP contribution in [-0.4, -0.2) is 46.7 Å². The van der Waals surface area contributed by atoms with Gasteiger partial charge in [-0.1, -0.05) is 13.3 Å². The van der Waals surface area contributed by atoms with Gasteiger partial charge >= 0.3 is 11.6 Å². The van der Waals surface area contributed by atoms with Gasteiger partial charge in [-0.2, -0.15) is 0 Å². The van der Waals surface area contributed by atoms with Gasteiger partial charge in [-0.3, -0.25) is 4.79 Å². The van der Waals surface area contributed by atoms with E-state index in [1.807, 2.05) is 13.8 Å². The van der Waals surface area contributed by atoms with Crippen LogP contribution in [0.2, 0.25) is 0 Å². The van der Waals surface area contributed by atoms with Crippen LogP contribution >= 0.6 is 0 Å². The predicted molar refractivity (Wildman–Crippen MR) is 122 cm³/mol. The van der Waals surface area contributed by atoms with Gasteiger partial charge in [0.1, 0.15) is 28.7 Å². The number of carbonyl (C=O) groups is 2. The van der Waals surface area contributed by atoms with Crippen molar-refractivity contribution in [2.45, 2.75) is 77.4 Å². The standard InChI is InChI=1S/C25H31NO7/c1-4-5-7-15-12-21(28)32-23-16-9-10-25(2,3)33-18(16)13-19(22(15)23)31-14-20(27)26-11-6-8-17(26)24(29)30/h12-13,17H,4-11,14H2,1-3H3,(H,29,30). The number of nitrogens with zero attached hydrogens (tertiary/aromatic N) is 1. The number of rotatable bonds is 7. The summed E-state index contributed by atoms with van der Waals surface area (Å²) >= 11 is 0. The number of aliphatic carboxylic acids is 1. The van der Waals surface area contributed by atoms with Crippen molar-refractivity contribution in [3.63, 3.8) is 0 Å². The second kappa shape index (κ2) is 9.08. The van der Waals surface area contributed by atoms with Gasteiger partial charge in [-0.15, -0.1) is 0 Å². The second-order valence-electron chi connectivity index (χ2n) is 9.48. The first-order valence-corrected chi connectivity index (χ1v) is 11.7. The molecule has 2 aliphatic heterocycles. The summed E-state index contributed by atoms with van der Waals surface area (Å²) < 4.78 is 17.8. The number of benzene rings is 1. The van der Waals surface area contributed by atoms with Gasteiger partial charge in [0.2, 0.25) is 0 Å². The maximum atomic E-state index is 12.8. The number of carboxylic acids is 1. The van der Waals surface area contributed by atoms with Crippen LogP contribution in [0.4, 0.5) is 0 Å². The molecule has 1 amide bonds. The van der Waals surface area contributed by atoms with Crippen molar-refractivity contribution in [2.24, 2.45) is 0 Å². The van der Waals surface area contributed by atoms with Gasteiger partial charge in [-0.05, 0) is 57.9 Å². The first-order valence-electron chi connectivity index (χ1n) is 11.7. The molecule has 1 aromatic carbocycles. The first kappa shape index (κ1) is 23.1. The number of aryl methyl sites for hydroxylation is 2. The average Bonchev–Trinajstić information content (AvgIpc) is 3.25. The van der Waals surface area contributed by atoms with Crippen molar-refractivity contribution >= 4 is 22.8 Å². The van der Waals surface area contributed by atoms with E-state index in [0.717, 1.165) is 30.4 Å². The maximum Gasteiger partial charge on any atom is 0.336 e. The fourth-order valence-electron chi connectivity index (χ4n) is 4.74. The van der Waals surface area contributed by atoms with E-state index in [9.17, 15) is 19.5 Å². The molecule has 1 N–H and O–H groups in total. The van der Waals surface area contributed by atoms with E-state index < -0.39 is 17.6 Å². The first-order chi connectivity index (χ1) is 15.7. The molecule has 2 aromatic rings. The average molecular weight is 458 g/mol. The molecule has 0 spiro atoms. The molecule has 0 saturated carbocycles. The van der Waals surface area contributed by atoms with E-state index in [4.69, 9.17) is 13.9 Å². The largest absolute Gasteiger partial charge is 0.487 e. The van der Waals surface area contributed by atoms with Crippen LogP contribution in [0.15, 0.2) is 21.3 Å². The quantitative estimate of drug-likeness (QED) is 0.632. The Morgan fingerprint density at radius 3 is 2.82 bits per heavy atom. The molecule has 8 heteroatoms. The van der Waals surface area contributed by atoms with E-state index in [1.165, 1.54) is 11.0 Å². The summed E-state index contributed by atoms with van der Waals surface area (Å²) in [5, 5.41) is 10.1. The molecule has 0 aliphatic carbocycles. The number of amides is 1. The van der Waals surface area contributed by atoms with Crippen LogP contribution in [0.5, 0.6) is 11.5 Å². The number of carboxylic acid groups (broad SMARTS) is 1. The molecule has 0 radical (unpaired) electrons. The Balaban J connectivity index is 1.73. The highest BCUT2D eigenvalue weighted by molar-refractivity contribution is 5.92. The fourth-order valence-corrected chi connectivity index (χ4v) is 4.74. The molecule has 0 bridgehead atoms. The molecular weight excluding hydrogens is 426 g/mol. The number of carbonyl (C=O) groups excluding carboxylic acids is 1. The van der Waals surface area contributed by atoms with Crippen LogP contribution in [-0.2, 0) is 22.4 Å². The second-order valence-corrected chi connectivity index (χ2v) is 9.48. The van der Waals surface area contributed by atoms with Gasteiger partial charge in [0, 0.05) is 24.2 Å². The summed E-state index contributed by atoms with van der Waals surface area (Å²) in [7, 11) is 0. The van der Waals surface area contributed by atoms with E-state index in [2.05, 4.69) is 6.92 Å². The van der Waals surface area contributed by atoms with Crippen LogP contribution in [0.25, 0.3) is 11.0 Å². The van der Waals surface area contributed by atoms with Crippen molar-refractivity contribution in [3.8, 4) is 11.5 Å². The zero-order valence-electron chi connectivity index (χ0n) is 19.4. The highest BCUT2D eigenvalue weighted by atomic mass is 16.5. The third-order valence-corrected chi connectivity index (χ3v) is 6.50. The van der Waals surface area contributed by atoms with E-state index >= 15 is 0 Å². The van der Waals surface area contributed by atoms with E-state index in [0.29, 0.717) is 54.7 Å². The summed E-state index contributed by atoms with van der Waals surface area (Å²) in [5.41, 5.74) is 1.31. The minimum absolute atomic E-state index is 0.298. The van der Waals surface area contributed by atoms with Crippen LogP contribution in [0, 0.1) is 0 Å². The molecule has 1 atom stereocenters. The maximum absolute atomic E-state index is 12.8. The number of likely N-dealkylation sites (tertiary alicyclic amines) is 1. The van der Waals surface area contributed by atoms with Crippen molar-refractivity contribution < 1.29 is 28.6 Å². The molecule has 3 heterocycles. The zero-order chi connectivity index (χ0) is 23.8. The van der Waals surface area contributed by atoms with E-state index in [-0.39, 0.29) is 18.1 Å². The van der Waals surface area contributed by atoms with Gasteiger partial charge in [0.25, 0.3) is 5.91 Å². The molecular formula is C25H31NO7. The lowest BCUT2D eigenvalue weighted by Crippen LogP contribution is -2.42. The monoisotopic (exact) mass is 457 g/mol. The lowest BCUT2D eigenvalue weighted by Gasteiger charge is -2.33. The molecule has 178 valence electrons. The third kappa shape index (κ3) is 4.70. The Morgan fingerprint density at radius 2 is 2.09 bits per heavy atom. The molecule has 1 saturated heterocycles. The topological polar surface area (TPSA) is 106 Å². The Hall–Kier alpha value is -3.03. The van der Waals surface area contributed by atoms with Crippen LogP contribution in [0.3, 0.4) is 0 Å². The number of fused-ring (bicyclic) bond motifs is 3. The van der Waals surface area contributed by atoms with E-state index in [1.54, 1.807) is 6.07 Å². The number of unbranched alkanes of at least 4 members (excludes halogenated alkanes) is 1. The highest BCUT2D eigenvalue weighted by Gasteiger charge is 2.35. The van der Waals surface area contributed by atoms with Gasteiger partial charge in [0.05, 0.1) is 5.39 Å². The summed E-state index contributed by atoms with van der Waals surface area (Å²) in [6, 6.07) is 2.46. The minimum atomic E-state index is -1.00. The van der Waals surface area contributed by atoms with Crippen molar-refractivity contribution in [2.75, 3.05) is 13.2 Å². The van der Waals surface area contributed by atoms with Crippen molar-refractivity contribution in [3.05, 3.63) is 33.7 Å². The minimum Gasteiger partial charge on any atom is -0.487 e. The highest BCUT2D eigenvalue weighted by Crippen LogP contribution is 2.43. The Kier molecular flexibility index (Phi) is 6.36. The van der Waals surface area contributed by atoms with Crippen LogP contribution in [0.1, 0.15) is 64.0 Å². The van der Waals surface area contributed by atoms with Gasteiger partial charge in [-0.25, -0.2) is 9.59 Å². The lowest BCUT2D eigenvalue weighted by atomic mass is 9.91. The Bertz CT molecular complexity index is 1130. The van der Waals surface area contributed by atoms with Gasteiger partial charge < -0.3 is 23.9 Å². The Labute approximate surface area is 192 Å². The molecule has 1 unspecified atom stereocenters. The smallest absolute Gasteiger partial charge is 0.336 e. The van der Waals surface area contributed by atoms with Crippen molar-refractivity contribution in [1.29, 1.82) is 0 Å². The lowest BCUT2D eigenvalue weighted by molar-refractivity contribution is -0.148. The number of hydrogen-bond acceptors (Lipinski definition) is 6. The third-order valence-electron chi connectivity index (χ3n) is 6.50. The summed E-state index contributed by atoms with van der Waals surface area (Å²) in [5.74, 6) is -0.379. The SMILES string of the molecule is CCCCc1cc(=O)oc2c3c(cc(OCC(=O)N4CCCC4C(=O)O)c12)OC(C)(C)CC3.